The van der Waals surface area contributed by atoms with Gasteiger partial charge in [-0.3, -0.25) is 0 Å². The molecule has 1 aliphatic rings. The Kier molecular flexibility index (Phi) is 14.3. The van der Waals surface area contributed by atoms with Crippen LogP contribution in [0.25, 0.3) is 0 Å². The standard InChI is InChI=1S/C34H49ClF2O4/c1-5-9-18-38-24-30-33(41-20-11-7-3)32(40-19-10-6-2)23-29(34(30,36)37)26-14-17-31(35)27(22-26)21-25-12-15-28(16-13-25)39-8-4/h12-17,22,29-30,32-33H,5-11,18-21,23-24H2,1-4H3/t29?,30-,32-,33-/m1/s1. The van der Waals surface area contributed by atoms with E-state index in [2.05, 4.69) is 20.8 Å². The molecule has 0 aliphatic heterocycles. The SMILES string of the molecule is CCCCOC[C@@H]1[C@@H](OCCCC)[C@H](OCCCC)CC(c2ccc(Cl)c(Cc3ccc(OCC)cc3)c2)C1(F)F. The molecule has 0 amide bonds. The number of unbranched alkanes of at least 4 members (excludes halogenated alkanes) is 3. The molecule has 0 radical (unpaired) electrons. The highest BCUT2D eigenvalue weighted by atomic mass is 35.5. The van der Waals surface area contributed by atoms with Crippen molar-refractivity contribution in [3.63, 3.8) is 0 Å². The summed E-state index contributed by atoms with van der Waals surface area (Å²) in [4.78, 5) is 0. The van der Waals surface area contributed by atoms with Crippen LogP contribution in [0.15, 0.2) is 42.5 Å². The van der Waals surface area contributed by atoms with E-state index in [0.29, 0.717) is 43.4 Å². The summed E-state index contributed by atoms with van der Waals surface area (Å²) in [5, 5.41) is 0.567. The minimum absolute atomic E-state index is 0.0550. The summed E-state index contributed by atoms with van der Waals surface area (Å²) in [6, 6.07) is 13.2. The molecule has 230 valence electrons. The van der Waals surface area contributed by atoms with Gasteiger partial charge in [0, 0.05) is 24.8 Å². The van der Waals surface area contributed by atoms with Crippen LogP contribution in [-0.2, 0) is 20.6 Å². The van der Waals surface area contributed by atoms with Crippen molar-refractivity contribution in [2.45, 2.75) is 103 Å². The Morgan fingerprint density at radius 2 is 1.51 bits per heavy atom. The number of hydrogen-bond donors (Lipinski definition) is 0. The number of alkyl halides is 2. The van der Waals surface area contributed by atoms with E-state index in [1.807, 2.05) is 37.3 Å². The van der Waals surface area contributed by atoms with Crippen LogP contribution in [0.3, 0.4) is 0 Å². The first kappa shape index (κ1) is 33.8. The fraction of sp³-hybridized carbons (Fsp3) is 0.647. The van der Waals surface area contributed by atoms with Crippen molar-refractivity contribution in [3.05, 3.63) is 64.2 Å². The fourth-order valence-corrected chi connectivity index (χ4v) is 5.63. The van der Waals surface area contributed by atoms with Gasteiger partial charge >= 0.3 is 0 Å². The number of halogens is 3. The maximum absolute atomic E-state index is 16.6. The quantitative estimate of drug-likeness (QED) is 0.161. The molecule has 0 saturated heterocycles. The summed E-state index contributed by atoms with van der Waals surface area (Å²) in [5.74, 6) is -4.38. The van der Waals surface area contributed by atoms with Crippen LogP contribution in [0, 0.1) is 5.92 Å². The van der Waals surface area contributed by atoms with Crippen molar-refractivity contribution in [1.29, 1.82) is 0 Å². The molecule has 4 nitrogen and oxygen atoms in total. The Bertz CT molecular complexity index is 1020. The number of hydrogen-bond acceptors (Lipinski definition) is 4. The Labute approximate surface area is 251 Å². The molecule has 0 N–H and O–H groups in total. The van der Waals surface area contributed by atoms with Crippen molar-refractivity contribution in [2.75, 3.05) is 33.0 Å². The molecule has 0 spiro atoms. The van der Waals surface area contributed by atoms with Gasteiger partial charge in [-0.25, -0.2) is 8.78 Å². The summed E-state index contributed by atoms with van der Waals surface area (Å²) in [6.45, 7) is 10.1. The second-order valence-corrected chi connectivity index (χ2v) is 11.5. The van der Waals surface area contributed by atoms with Gasteiger partial charge in [-0.1, -0.05) is 75.9 Å². The van der Waals surface area contributed by atoms with E-state index in [0.717, 1.165) is 55.4 Å². The predicted molar refractivity (Wildman–Crippen MR) is 163 cm³/mol. The first-order chi connectivity index (χ1) is 19.8. The fourth-order valence-electron chi connectivity index (χ4n) is 5.45. The van der Waals surface area contributed by atoms with Crippen molar-refractivity contribution in [1.82, 2.24) is 0 Å². The largest absolute Gasteiger partial charge is 0.494 e. The summed E-state index contributed by atoms with van der Waals surface area (Å²) in [7, 11) is 0. The van der Waals surface area contributed by atoms with Crippen LogP contribution in [-0.4, -0.2) is 51.2 Å². The van der Waals surface area contributed by atoms with Crippen LogP contribution in [0.4, 0.5) is 8.78 Å². The van der Waals surface area contributed by atoms with E-state index in [4.69, 9.17) is 30.5 Å². The minimum atomic E-state index is -3.04. The van der Waals surface area contributed by atoms with E-state index in [1.54, 1.807) is 12.1 Å². The molecule has 41 heavy (non-hydrogen) atoms. The molecular formula is C34H49ClF2O4. The van der Waals surface area contributed by atoms with Gasteiger partial charge in [0.05, 0.1) is 37.3 Å². The molecular weight excluding hydrogens is 546 g/mol. The zero-order valence-corrected chi connectivity index (χ0v) is 26.1. The normalized spacial score (nSPS) is 22.1. The molecule has 0 bridgehead atoms. The average molecular weight is 595 g/mol. The summed E-state index contributed by atoms with van der Waals surface area (Å²) >= 11 is 6.59. The zero-order chi connectivity index (χ0) is 29.7. The van der Waals surface area contributed by atoms with Crippen LogP contribution < -0.4 is 4.74 Å². The molecule has 3 rings (SSSR count). The summed E-state index contributed by atoms with van der Waals surface area (Å²) < 4.78 is 57.0. The second-order valence-electron chi connectivity index (χ2n) is 11.1. The van der Waals surface area contributed by atoms with Crippen LogP contribution >= 0.6 is 11.6 Å². The molecule has 1 saturated carbocycles. The lowest BCUT2D eigenvalue weighted by atomic mass is 9.71. The van der Waals surface area contributed by atoms with Crippen molar-refractivity contribution in [3.8, 4) is 5.75 Å². The Morgan fingerprint density at radius 1 is 0.854 bits per heavy atom. The first-order valence-corrected chi connectivity index (χ1v) is 15.9. The maximum Gasteiger partial charge on any atom is 0.262 e. The van der Waals surface area contributed by atoms with Gasteiger partial charge in [-0.2, -0.15) is 0 Å². The lowest BCUT2D eigenvalue weighted by Gasteiger charge is -2.46. The van der Waals surface area contributed by atoms with Gasteiger partial charge in [0.15, 0.2) is 0 Å². The lowest BCUT2D eigenvalue weighted by Crippen LogP contribution is -2.56. The number of rotatable bonds is 18. The third kappa shape index (κ3) is 9.64. The van der Waals surface area contributed by atoms with Crippen LogP contribution in [0.5, 0.6) is 5.75 Å². The van der Waals surface area contributed by atoms with Crippen LogP contribution in [0.2, 0.25) is 5.02 Å². The average Bonchev–Trinajstić information content (AvgIpc) is 2.96. The third-order valence-corrected chi connectivity index (χ3v) is 8.24. The van der Waals surface area contributed by atoms with E-state index < -0.39 is 30.0 Å². The molecule has 1 fully saturated rings. The molecule has 1 unspecified atom stereocenters. The van der Waals surface area contributed by atoms with Gasteiger partial charge in [0.25, 0.3) is 5.92 Å². The maximum atomic E-state index is 16.6. The minimum Gasteiger partial charge on any atom is -0.494 e. The van der Waals surface area contributed by atoms with Gasteiger partial charge in [0.2, 0.25) is 0 Å². The molecule has 2 aromatic carbocycles. The monoisotopic (exact) mass is 594 g/mol. The highest BCUT2D eigenvalue weighted by molar-refractivity contribution is 6.31. The van der Waals surface area contributed by atoms with E-state index in [9.17, 15) is 0 Å². The number of benzene rings is 2. The van der Waals surface area contributed by atoms with Gasteiger partial charge in [-0.05, 0) is 73.9 Å². The number of ether oxygens (including phenoxy) is 4. The smallest absolute Gasteiger partial charge is 0.262 e. The summed E-state index contributed by atoms with van der Waals surface area (Å²) in [5.41, 5.74) is 2.44. The third-order valence-electron chi connectivity index (χ3n) is 7.87. The lowest BCUT2D eigenvalue weighted by molar-refractivity contribution is -0.223. The molecule has 4 atom stereocenters. The van der Waals surface area contributed by atoms with Gasteiger partial charge in [0.1, 0.15) is 5.75 Å². The van der Waals surface area contributed by atoms with E-state index in [1.165, 1.54) is 0 Å². The highest BCUT2D eigenvalue weighted by Gasteiger charge is 2.58. The molecule has 0 aromatic heterocycles. The molecule has 0 heterocycles. The second kappa shape index (κ2) is 17.4. The van der Waals surface area contributed by atoms with Crippen molar-refractivity contribution in [2.24, 2.45) is 5.92 Å². The van der Waals surface area contributed by atoms with Crippen molar-refractivity contribution >= 4 is 11.6 Å². The van der Waals surface area contributed by atoms with Crippen LogP contribution in [0.1, 0.15) is 95.2 Å². The van der Waals surface area contributed by atoms with E-state index >= 15 is 8.78 Å². The molecule has 1 aliphatic carbocycles. The van der Waals surface area contributed by atoms with Gasteiger partial charge in [-0.15, -0.1) is 0 Å². The highest BCUT2D eigenvalue weighted by Crippen LogP contribution is 2.50. The first-order valence-electron chi connectivity index (χ1n) is 15.5. The zero-order valence-electron chi connectivity index (χ0n) is 25.3. The van der Waals surface area contributed by atoms with Crippen molar-refractivity contribution < 1.29 is 27.7 Å². The summed E-state index contributed by atoms with van der Waals surface area (Å²) in [6.07, 6.45) is 4.97. The topological polar surface area (TPSA) is 36.9 Å². The Hall–Kier alpha value is -1.73. The van der Waals surface area contributed by atoms with E-state index in [-0.39, 0.29) is 13.0 Å². The molecule has 2 aromatic rings. The Balaban J connectivity index is 1.92. The van der Waals surface area contributed by atoms with Gasteiger partial charge < -0.3 is 18.9 Å². The predicted octanol–water partition coefficient (Wildman–Crippen LogP) is 9.26. The Morgan fingerprint density at radius 3 is 2.17 bits per heavy atom. The molecule has 7 heteroatoms.